The monoisotopic (exact) mass is 388 g/mol. The van der Waals surface area contributed by atoms with Crippen molar-refractivity contribution in [1.29, 1.82) is 0 Å². The summed E-state index contributed by atoms with van der Waals surface area (Å²) in [4.78, 5) is 2.73. The van der Waals surface area contributed by atoms with Crippen molar-refractivity contribution in [2.45, 2.75) is 0 Å². The highest BCUT2D eigenvalue weighted by molar-refractivity contribution is 8.42. The zero-order valence-electron chi connectivity index (χ0n) is 9.76. The summed E-state index contributed by atoms with van der Waals surface area (Å²) in [6.45, 7) is 0. The van der Waals surface area contributed by atoms with Gasteiger partial charge in [-0.2, -0.15) is 25.3 Å². The van der Waals surface area contributed by atoms with E-state index in [1.165, 1.54) is 26.8 Å². The first-order valence-corrected chi connectivity index (χ1v) is 11.9. The number of hydrogen-bond acceptors (Lipinski definition) is 8. The van der Waals surface area contributed by atoms with Crippen LogP contribution in [0.3, 0.4) is 0 Å². The third kappa shape index (κ3) is 3.61. The predicted molar refractivity (Wildman–Crippen MR) is 106 cm³/mol. The van der Waals surface area contributed by atoms with E-state index in [9.17, 15) is 0 Å². The van der Waals surface area contributed by atoms with Crippen LogP contribution in [-0.4, -0.2) is 24.0 Å². The Hall–Kier alpha value is 2.02. The number of thiol groups is 2. The van der Waals surface area contributed by atoms with Crippen molar-refractivity contribution in [1.82, 2.24) is 0 Å². The topological polar surface area (TPSA) is 0 Å². The summed E-state index contributed by atoms with van der Waals surface area (Å²) in [6.07, 6.45) is 4.30. The van der Waals surface area contributed by atoms with E-state index < -0.39 is 0 Å². The van der Waals surface area contributed by atoms with Gasteiger partial charge in [-0.05, 0) is 12.5 Å². The van der Waals surface area contributed by atoms with Crippen molar-refractivity contribution in [2.24, 2.45) is 0 Å². The van der Waals surface area contributed by atoms with Gasteiger partial charge >= 0.3 is 0 Å². The maximum absolute atomic E-state index is 4.40. The number of thioether (sulfide) groups is 6. The minimum atomic E-state index is 0.817. The molecule has 0 aromatic rings. The second kappa shape index (κ2) is 7.87. The van der Waals surface area contributed by atoms with Crippen molar-refractivity contribution >= 4 is 95.8 Å². The van der Waals surface area contributed by atoms with Gasteiger partial charge < -0.3 is 0 Å². The Labute approximate surface area is 145 Å². The Kier molecular flexibility index (Phi) is 7.16. The van der Waals surface area contributed by atoms with E-state index in [1.807, 2.05) is 70.6 Å². The molecule has 0 spiro atoms. The summed E-state index contributed by atoms with van der Waals surface area (Å²) in [7, 11) is 0. The maximum atomic E-state index is 4.40. The first-order chi connectivity index (χ1) is 8.73. The molecule has 0 atom stereocenters. The molecule has 2 heterocycles. The van der Waals surface area contributed by atoms with E-state index >= 15 is 0 Å². The second-order valence-electron chi connectivity index (χ2n) is 3.13. The van der Waals surface area contributed by atoms with Gasteiger partial charge in [-0.25, -0.2) is 0 Å². The Morgan fingerprint density at radius 2 is 1.17 bits per heavy atom. The van der Waals surface area contributed by atoms with E-state index in [4.69, 9.17) is 0 Å². The Morgan fingerprint density at radius 1 is 0.778 bits per heavy atom. The van der Waals surface area contributed by atoms with E-state index in [1.54, 1.807) is 0 Å². The molecule has 2 aliphatic rings. The van der Waals surface area contributed by atoms with Crippen molar-refractivity contribution < 1.29 is 0 Å². The van der Waals surface area contributed by atoms with Gasteiger partial charge in [-0.3, -0.25) is 0 Å². The standard InChI is InChI=1S/C10H12S8/c1-13-7-8(14-2)18-10(17-7)9-15-5(3-11)6(4-12)16-9/h11-12H,3-4H2,1-2H3. The summed E-state index contributed by atoms with van der Waals surface area (Å²) in [6, 6.07) is 0. The molecular weight excluding hydrogens is 377 g/mol. The SMILES string of the molecule is CSC1=C(SC)SC(=C2SC(CS)=C(CS)S2)S1. The molecule has 0 amide bonds. The highest BCUT2D eigenvalue weighted by Crippen LogP contribution is 2.63. The third-order valence-corrected chi connectivity index (χ3v) is 11.6. The lowest BCUT2D eigenvalue weighted by Gasteiger charge is -2.01. The van der Waals surface area contributed by atoms with Crippen LogP contribution in [0.2, 0.25) is 0 Å². The van der Waals surface area contributed by atoms with Crippen molar-refractivity contribution in [2.75, 3.05) is 24.0 Å². The van der Waals surface area contributed by atoms with Crippen molar-refractivity contribution in [3.8, 4) is 0 Å². The fourth-order valence-electron chi connectivity index (χ4n) is 1.29. The normalized spacial score (nSPS) is 20.7. The molecule has 8 heteroatoms. The highest BCUT2D eigenvalue weighted by atomic mass is 32.3. The quantitative estimate of drug-likeness (QED) is 0.563. The fraction of sp³-hybridized carbons (Fsp3) is 0.400. The van der Waals surface area contributed by atoms with Crippen LogP contribution >= 0.6 is 95.8 Å². The van der Waals surface area contributed by atoms with E-state index in [0.29, 0.717) is 0 Å². The average molecular weight is 389 g/mol. The highest BCUT2D eigenvalue weighted by Gasteiger charge is 2.28. The molecule has 0 N–H and O–H groups in total. The molecule has 18 heavy (non-hydrogen) atoms. The van der Waals surface area contributed by atoms with Gasteiger partial charge in [0.1, 0.15) is 0 Å². The second-order valence-corrected chi connectivity index (χ2v) is 10.7. The number of rotatable bonds is 4. The lowest BCUT2D eigenvalue weighted by atomic mass is 10.6. The zero-order valence-corrected chi connectivity index (χ0v) is 16.4. The zero-order chi connectivity index (χ0) is 13.1. The van der Waals surface area contributed by atoms with Gasteiger partial charge in [0, 0.05) is 21.3 Å². The maximum Gasteiger partial charge on any atom is 0.0717 e. The molecule has 0 bridgehead atoms. The predicted octanol–water partition coefficient (Wildman–Crippen LogP) is 6.00. The summed E-state index contributed by atoms with van der Waals surface area (Å²) < 4.78 is 5.70. The summed E-state index contributed by atoms with van der Waals surface area (Å²) >= 11 is 20.1. The molecular formula is C10H12S8. The summed E-state index contributed by atoms with van der Waals surface area (Å²) in [5, 5.41) is 0. The molecule has 0 nitrogen and oxygen atoms in total. The van der Waals surface area contributed by atoms with Crippen molar-refractivity contribution in [3.05, 3.63) is 26.8 Å². The molecule has 2 rings (SSSR count). The molecule has 100 valence electrons. The summed E-state index contributed by atoms with van der Waals surface area (Å²) in [5.41, 5.74) is 0. The lowest BCUT2D eigenvalue weighted by Crippen LogP contribution is -1.80. The van der Waals surface area contributed by atoms with Gasteiger partial charge in [0.15, 0.2) is 0 Å². The van der Waals surface area contributed by atoms with Crippen LogP contribution < -0.4 is 0 Å². The van der Waals surface area contributed by atoms with Crippen LogP contribution in [0.25, 0.3) is 0 Å². The molecule has 2 aliphatic heterocycles. The van der Waals surface area contributed by atoms with Gasteiger partial charge in [-0.1, -0.05) is 47.0 Å². The van der Waals surface area contributed by atoms with Crippen LogP contribution in [-0.2, 0) is 0 Å². The van der Waals surface area contributed by atoms with Crippen LogP contribution in [0.1, 0.15) is 0 Å². The lowest BCUT2D eigenvalue weighted by molar-refractivity contribution is 1.61. The van der Waals surface area contributed by atoms with Gasteiger partial charge in [0.2, 0.25) is 0 Å². The van der Waals surface area contributed by atoms with E-state index in [0.717, 1.165) is 11.5 Å². The van der Waals surface area contributed by atoms with E-state index in [2.05, 4.69) is 37.8 Å². The molecule has 0 aliphatic carbocycles. The average Bonchev–Trinajstić information content (AvgIpc) is 3.01. The van der Waals surface area contributed by atoms with Gasteiger partial charge in [0.25, 0.3) is 0 Å². The molecule has 0 unspecified atom stereocenters. The van der Waals surface area contributed by atoms with Crippen LogP contribution in [0.4, 0.5) is 0 Å². The van der Waals surface area contributed by atoms with Crippen molar-refractivity contribution in [3.63, 3.8) is 0 Å². The van der Waals surface area contributed by atoms with Crippen LogP contribution in [0, 0.1) is 0 Å². The van der Waals surface area contributed by atoms with E-state index in [-0.39, 0.29) is 0 Å². The third-order valence-electron chi connectivity index (χ3n) is 2.10. The van der Waals surface area contributed by atoms with Crippen LogP contribution in [0.5, 0.6) is 0 Å². The molecule has 0 radical (unpaired) electrons. The van der Waals surface area contributed by atoms with Gasteiger partial charge in [-0.15, -0.1) is 23.5 Å². The minimum Gasteiger partial charge on any atom is -0.174 e. The largest absolute Gasteiger partial charge is 0.174 e. The first-order valence-electron chi connectivity index (χ1n) is 4.95. The first kappa shape index (κ1) is 16.4. The Balaban J connectivity index is 2.14. The Bertz CT molecular complexity index is 357. The number of hydrogen-bond donors (Lipinski definition) is 2. The molecule has 0 saturated heterocycles. The fourth-order valence-corrected chi connectivity index (χ4v) is 10.1. The Morgan fingerprint density at radius 3 is 1.50 bits per heavy atom. The molecule has 0 fully saturated rings. The minimum absolute atomic E-state index is 0.817. The molecule has 0 aromatic heterocycles. The smallest absolute Gasteiger partial charge is 0.0717 e. The molecule has 0 aromatic carbocycles. The summed E-state index contributed by atoms with van der Waals surface area (Å²) in [5.74, 6) is 1.63. The van der Waals surface area contributed by atoms with Gasteiger partial charge in [0.05, 0.1) is 16.9 Å². The molecule has 0 saturated carbocycles. The van der Waals surface area contributed by atoms with Crippen LogP contribution in [0.15, 0.2) is 26.8 Å².